The topological polar surface area (TPSA) is 54.5 Å². The number of carbonyl (C=O) groups is 3. The zero-order valence-electron chi connectivity index (χ0n) is 9.77. The molecule has 1 unspecified atom stereocenters. The third-order valence-electron chi connectivity index (χ3n) is 3.03. The molecule has 0 aliphatic carbocycles. The minimum atomic E-state index is -0.688. The van der Waals surface area contributed by atoms with Crippen LogP contribution >= 0.6 is 0 Å². The summed E-state index contributed by atoms with van der Waals surface area (Å²) in [7, 11) is 0. The van der Waals surface area contributed by atoms with Crippen LogP contribution in [-0.4, -0.2) is 28.5 Å². The van der Waals surface area contributed by atoms with Crippen molar-refractivity contribution in [1.29, 1.82) is 0 Å². The fourth-order valence-corrected chi connectivity index (χ4v) is 2.00. The van der Waals surface area contributed by atoms with E-state index in [0.29, 0.717) is 17.5 Å². The number of Topliss-reactive ketones (excluding diaryl/α,β-unsaturated/α-hetero) is 1. The summed E-state index contributed by atoms with van der Waals surface area (Å²) in [6.07, 6.45) is 0.314. The fraction of sp³-hybridized carbons (Fsp3) is 0.308. The standard InChI is InChI=1S/C13H13NO3/c1-3-11(15)8(2)14-12(16)9-6-4-5-7-10(9)13(14)17/h4-8H,3H2,1-2H3. The van der Waals surface area contributed by atoms with Crippen LogP contribution in [0.1, 0.15) is 41.0 Å². The Labute approximate surface area is 99.2 Å². The van der Waals surface area contributed by atoms with E-state index in [2.05, 4.69) is 0 Å². The Hall–Kier alpha value is -1.97. The summed E-state index contributed by atoms with van der Waals surface area (Å²) in [6.45, 7) is 3.31. The van der Waals surface area contributed by atoms with Gasteiger partial charge < -0.3 is 0 Å². The van der Waals surface area contributed by atoms with E-state index in [0.717, 1.165) is 4.90 Å². The van der Waals surface area contributed by atoms with Gasteiger partial charge in [-0.3, -0.25) is 19.3 Å². The molecule has 0 spiro atoms. The van der Waals surface area contributed by atoms with E-state index in [1.807, 2.05) is 0 Å². The van der Waals surface area contributed by atoms with Crippen molar-refractivity contribution in [2.24, 2.45) is 0 Å². The van der Waals surface area contributed by atoms with Gasteiger partial charge >= 0.3 is 0 Å². The van der Waals surface area contributed by atoms with Crippen LogP contribution in [0.3, 0.4) is 0 Å². The highest BCUT2D eigenvalue weighted by atomic mass is 16.2. The molecule has 1 aliphatic rings. The average molecular weight is 231 g/mol. The molecule has 1 aromatic rings. The van der Waals surface area contributed by atoms with Crippen LogP contribution in [-0.2, 0) is 4.79 Å². The summed E-state index contributed by atoms with van der Waals surface area (Å²) < 4.78 is 0. The van der Waals surface area contributed by atoms with Gasteiger partial charge in [0, 0.05) is 6.42 Å². The molecule has 1 aliphatic heterocycles. The third kappa shape index (κ3) is 1.65. The second kappa shape index (κ2) is 4.13. The third-order valence-corrected chi connectivity index (χ3v) is 3.03. The zero-order valence-corrected chi connectivity index (χ0v) is 9.77. The number of rotatable bonds is 3. The van der Waals surface area contributed by atoms with E-state index in [4.69, 9.17) is 0 Å². The predicted molar refractivity (Wildman–Crippen MR) is 61.7 cm³/mol. The first-order chi connectivity index (χ1) is 8.07. The SMILES string of the molecule is CCC(=O)C(C)N1C(=O)c2ccccc2C1=O. The van der Waals surface area contributed by atoms with Gasteiger partial charge in [0.05, 0.1) is 17.2 Å². The maximum Gasteiger partial charge on any atom is 0.262 e. The molecular formula is C13H13NO3. The van der Waals surface area contributed by atoms with Gasteiger partial charge in [0.25, 0.3) is 11.8 Å². The molecule has 1 atom stereocenters. The molecule has 0 saturated carbocycles. The first kappa shape index (κ1) is 11.5. The molecule has 1 heterocycles. The molecule has 0 saturated heterocycles. The molecule has 0 N–H and O–H groups in total. The zero-order chi connectivity index (χ0) is 12.6. The number of hydrogen-bond donors (Lipinski definition) is 0. The lowest BCUT2D eigenvalue weighted by Crippen LogP contribution is -2.42. The van der Waals surface area contributed by atoms with Crippen LogP contribution in [0.4, 0.5) is 0 Å². The van der Waals surface area contributed by atoms with Gasteiger partial charge in [-0.25, -0.2) is 0 Å². The molecule has 2 amide bonds. The van der Waals surface area contributed by atoms with Gasteiger partial charge in [-0.2, -0.15) is 0 Å². The molecule has 0 bridgehead atoms. The van der Waals surface area contributed by atoms with Crippen LogP contribution < -0.4 is 0 Å². The second-order valence-electron chi connectivity index (χ2n) is 4.02. The summed E-state index contributed by atoms with van der Waals surface area (Å²) in [6, 6.07) is 5.95. The van der Waals surface area contributed by atoms with Crippen LogP contribution in [0.5, 0.6) is 0 Å². The predicted octanol–water partition coefficient (Wildman–Crippen LogP) is 1.65. The molecule has 1 aromatic carbocycles. The molecule has 0 radical (unpaired) electrons. The molecule has 0 fully saturated rings. The van der Waals surface area contributed by atoms with Crippen molar-refractivity contribution in [2.45, 2.75) is 26.3 Å². The van der Waals surface area contributed by atoms with Crippen molar-refractivity contribution >= 4 is 17.6 Å². The molecule has 4 heteroatoms. The van der Waals surface area contributed by atoms with Crippen molar-refractivity contribution < 1.29 is 14.4 Å². The van der Waals surface area contributed by atoms with Crippen molar-refractivity contribution in [3.63, 3.8) is 0 Å². The number of ketones is 1. The molecule has 0 aromatic heterocycles. The summed E-state index contributed by atoms with van der Waals surface area (Å²) in [4.78, 5) is 36.7. The number of hydrogen-bond acceptors (Lipinski definition) is 3. The van der Waals surface area contributed by atoms with Gasteiger partial charge in [0.15, 0.2) is 5.78 Å². The Kier molecular flexibility index (Phi) is 2.79. The summed E-state index contributed by atoms with van der Waals surface area (Å²) >= 11 is 0. The molecule has 17 heavy (non-hydrogen) atoms. The number of amides is 2. The maximum absolute atomic E-state index is 12.0. The highest BCUT2D eigenvalue weighted by Crippen LogP contribution is 2.24. The Morgan fingerprint density at radius 2 is 1.65 bits per heavy atom. The van der Waals surface area contributed by atoms with E-state index in [-0.39, 0.29) is 17.6 Å². The van der Waals surface area contributed by atoms with Gasteiger partial charge in [0.2, 0.25) is 0 Å². The molecule has 88 valence electrons. The lowest BCUT2D eigenvalue weighted by atomic mass is 10.1. The minimum Gasteiger partial charge on any atom is -0.297 e. The quantitative estimate of drug-likeness (QED) is 0.743. The first-order valence-corrected chi connectivity index (χ1v) is 5.57. The van der Waals surface area contributed by atoms with E-state index < -0.39 is 6.04 Å². The number of benzene rings is 1. The van der Waals surface area contributed by atoms with Crippen LogP contribution in [0.15, 0.2) is 24.3 Å². The monoisotopic (exact) mass is 231 g/mol. The fourth-order valence-electron chi connectivity index (χ4n) is 2.00. The molecule has 4 nitrogen and oxygen atoms in total. The second-order valence-corrected chi connectivity index (χ2v) is 4.02. The smallest absolute Gasteiger partial charge is 0.262 e. The molecular weight excluding hydrogens is 218 g/mol. The van der Waals surface area contributed by atoms with Crippen molar-refractivity contribution in [2.75, 3.05) is 0 Å². The number of carbonyl (C=O) groups excluding carboxylic acids is 3. The highest BCUT2D eigenvalue weighted by molar-refractivity contribution is 6.22. The van der Waals surface area contributed by atoms with Crippen molar-refractivity contribution in [1.82, 2.24) is 4.90 Å². The van der Waals surface area contributed by atoms with Crippen LogP contribution in [0.25, 0.3) is 0 Å². The Morgan fingerprint density at radius 1 is 1.18 bits per heavy atom. The van der Waals surface area contributed by atoms with E-state index in [1.165, 1.54) is 0 Å². The highest BCUT2D eigenvalue weighted by Gasteiger charge is 2.39. The van der Waals surface area contributed by atoms with Crippen molar-refractivity contribution in [3.05, 3.63) is 35.4 Å². The van der Waals surface area contributed by atoms with Gasteiger partial charge in [-0.15, -0.1) is 0 Å². The normalized spacial score (nSPS) is 16.0. The Morgan fingerprint density at radius 3 is 2.06 bits per heavy atom. The number of nitrogens with zero attached hydrogens (tertiary/aromatic N) is 1. The maximum atomic E-state index is 12.0. The molecule has 2 rings (SSSR count). The number of imide groups is 1. The summed E-state index contributed by atoms with van der Waals surface area (Å²) in [5.74, 6) is -0.862. The first-order valence-electron chi connectivity index (χ1n) is 5.57. The largest absolute Gasteiger partial charge is 0.297 e. The number of fused-ring (bicyclic) bond motifs is 1. The Bertz CT molecular complexity index is 472. The Balaban J connectivity index is 2.40. The lowest BCUT2D eigenvalue weighted by Gasteiger charge is -2.20. The van der Waals surface area contributed by atoms with Gasteiger partial charge in [-0.05, 0) is 19.1 Å². The van der Waals surface area contributed by atoms with Crippen molar-refractivity contribution in [3.8, 4) is 0 Å². The van der Waals surface area contributed by atoms with E-state index >= 15 is 0 Å². The summed E-state index contributed by atoms with van der Waals surface area (Å²) in [5.41, 5.74) is 0.765. The lowest BCUT2D eigenvalue weighted by molar-refractivity contribution is -0.122. The van der Waals surface area contributed by atoms with Crippen LogP contribution in [0.2, 0.25) is 0 Å². The summed E-state index contributed by atoms with van der Waals surface area (Å²) in [5, 5.41) is 0. The van der Waals surface area contributed by atoms with E-state index in [1.54, 1.807) is 38.1 Å². The van der Waals surface area contributed by atoms with Crippen LogP contribution in [0, 0.1) is 0 Å². The van der Waals surface area contributed by atoms with Gasteiger partial charge in [-0.1, -0.05) is 19.1 Å². The van der Waals surface area contributed by atoms with E-state index in [9.17, 15) is 14.4 Å². The van der Waals surface area contributed by atoms with Gasteiger partial charge in [0.1, 0.15) is 0 Å². The average Bonchev–Trinajstić information content (AvgIpc) is 2.61. The minimum absolute atomic E-state index is 0.112.